The summed E-state index contributed by atoms with van der Waals surface area (Å²) in [6.45, 7) is 3.63. The maximum absolute atomic E-state index is 5.75. The molecule has 0 aliphatic heterocycles. The second-order valence-electron chi connectivity index (χ2n) is 2.81. The van der Waals surface area contributed by atoms with Crippen molar-refractivity contribution in [2.45, 2.75) is 0 Å². The van der Waals surface area contributed by atoms with E-state index in [9.17, 15) is 0 Å². The van der Waals surface area contributed by atoms with Gasteiger partial charge in [0.05, 0.1) is 0 Å². The molecule has 2 N–H and O–H groups in total. The minimum absolute atomic E-state index is 0.377. The van der Waals surface area contributed by atoms with Gasteiger partial charge in [0.25, 0.3) is 0 Å². The number of nitrogens with zero attached hydrogens (tertiary/aromatic N) is 2. The number of hydrogen-bond acceptors (Lipinski definition) is 3. The van der Waals surface area contributed by atoms with Gasteiger partial charge in [0.15, 0.2) is 0 Å². The van der Waals surface area contributed by atoms with Crippen LogP contribution in [0.25, 0.3) is 5.57 Å². The Hall–Kier alpha value is -1.61. The smallest absolute Gasteiger partial charge is 0.133 e. The average Bonchev–Trinajstić information content (AvgIpc) is 2.17. The molecule has 78 valence electrons. The number of anilines is 1. The number of pyridine rings is 1. The van der Waals surface area contributed by atoms with Crippen LogP contribution < -0.4 is 5.73 Å². The highest BCUT2D eigenvalue weighted by Gasteiger charge is 2.04. The van der Waals surface area contributed by atoms with Crippen LogP contribution in [0, 0.1) is 0 Å². The van der Waals surface area contributed by atoms with Gasteiger partial charge in [-0.05, 0) is 12.1 Å². The van der Waals surface area contributed by atoms with Gasteiger partial charge in [0.1, 0.15) is 11.0 Å². The molecule has 0 radical (unpaired) electrons. The van der Waals surface area contributed by atoms with Crippen molar-refractivity contribution >= 4 is 29.2 Å². The number of aromatic nitrogens is 1. The number of nitrogen functional groups attached to an aromatic ring is 1. The maximum Gasteiger partial charge on any atom is 0.133 e. The Morgan fingerprint density at radius 1 is 1.60 bits per heavy atom. The lowest BCUT2D eigenvalue weighted by Gasteiger charge is -2.04. The maximum atomic E-state index is 5.75. The number of rotatable bonds is 3. The molecule has 1 heterocycles. The molecule has 0 aliphatic carbocycles. The Kier molecular flexibility index (Phi) is 4.06. The normalized spacial score (nSPS) is 12.0. The molecule has 0 aliphatic rings. The summed E-state index contributed by atoms with van der Waals surface area (Å²) in [5, 5.41) is 0.377. The zero-order chi connectivity index (χ0) is 11.3. The molecule has 0 bridgehead atoms. The van der Waals surface area contributed by atoms with Crippen molar-refractivity contribution in [2.24, 2.45) is 4.99 Å². The van der Waals surface area contributed by atoms with Gasteiger partial charge in [-0.25, -0.2) is 4.98 Å². The summed E-state index contributed by atoms with van der Waals surface area (Å²) < 4.78 is 0. The third-order valence-corrected chi connectivity index (χ3v) is 1.98. The van der Waals surface area contributed by atoms with E-state index in [1.807, 2.05) is 12.1 Å². The molecule has 1 aromatic rings. The van der Waals surface area contributed by atoms with Gasteiger partial charge >= 0.3 is 0 Å². The predicted octanol–water partition coefficient (Wildman–Crippen LogP) is 2.59. The van der Waals surface area contributed by atoms with Crippen molar-refractivity contribution in [1.82, 2.24) is 4.98 Å². The van der Waals surface area contributed by atoms with Gasteiger partial charge in [-0.1, -0.05) is 30.3 Å². The topological polar surface area (TPSA) is 51.3 Å². The zero-order valence-electron chi connectivity index (χ0n) is 8.44. The van der Waals surface area contributed by atoms with E-state index in [2.05, 4.69) is 16.6 Å². The average molecular weight is 222 g/mol. The Balaban J connectivity index is 3.23. The first-order chi connectivity index (χ1) is 7.19. The van der Waals surface area contributed by atoms with Crippen molar-refractivity contribution in [1.29, 1.82) is 0 Å². The van der Waals surface area contributed by atoms with Crippen molar-refractivity contribution in [3.8, 4) is 0 Å². The minimum Gasteiger partial charge on any atom is -0.383 e. The van der Waals surface area contributed by atoms with E-state index in [1.54, 1.807) is 25.4 Å². The summed E-state index contributed by atoms with van der Waals surface area (Å²) in [5.74, 6) is 0.385. The first-order valence-corrected chi connectivity index (χ1v) is 4.74. The lowest BCUT2D eigenvalue weighted by atomic mass is 10.1. The van der Waals surface area contributed by atoms with E-state index >= 15 is 0 Å². The van der Waals surface area contributed by atoms with E-state index in [0.29, 0.717) is 11.0 Å². The van der Waals surface area contributed by atoms with Gasteiger partial charge in [-0.15, -0.1) is 0 Å². The van der Waals surface area contributed by atoms with Gasteiger partial charge in [-0.2, -0.15) is 0 Å². The second-order valence-corrected chi connectivity index (χ2v) is 3.20. The quantitative estimate of drug-likeness (QED) is 0.485. The number of aliphatic imine (C=N–C) groups is 1. The van der Waals surface area contributed by atoms with Gasteiger partial charge in [0.2, 0.25) is 0 Å². The predicted molar refractivity (Wildman–Crippen MR) is 66.2 cm³/mol. The number of nitrogens with two attached hydrogens (primary N) is 1. The van der Waals surface area contributed by atoms with Crippen LogP contribution in [0.15, 0.2) is 35.9 Å². The van der Waals surface area contributed by atoms with Gasteiger partial charge < -0.3 is 5.73 Å². The highest BCUT2D eigenvalue weighted by Crippen LogP contribution is 2.20. The molecule has 0 amide bonds. The highest BCUT2D eigenvalue weighted by atomic mass is 35.5. The summed E-state index contributed by atoms with van der Waals surface area (Å²) in [6, 6.07) is 3.50. The van der Waals surface area contributed by atoms with Crippen molar-refractivity contribution in [2.75, 3.05) is 12.8 Å². The molecule has 3 nitrogen and oxygen atoms in total. The lowest BCUT2D eigenvalue weighted by Crippen LogP contribution is -1.98. The molecule has 0 spiro atoms. The molecule has 15 heavy (non-hydrogen) atoms. The van der Waals surface area contributed by atoms with Crippen LogP contribution in [0.4, 0.5) is 5.82 Å². The summed E-state index contributed by atoms with van der Waals surface area (Å²) in [5.41, 5.74) is 7.40. The molecule has 4 heteroatoms. The summed E-state index contributed by atoms with van der Waals surface area (Å²) in [4.78, 5) is 7.90. The summed E-state index contributed by atoms with van der Waals surface area (Å²) in [6.07, 6.45) is 5.18. The third kappa shape index (κ3) is 2.92. The zero-order valence-corrected chi connectivity index (χ0v) is 9.20. The summed E-state index contributed by atoms with van der Waals surface area (Å²) >= 11 is 5.71. The Morgan fingerprint density at radius 3 is 2.87 bits per heavy atom. The SMILES string of the molecule is C=C/C=C(\C=NC)c1ccc(Cl)nc1N. The summed E-state index contributed by atoms with van der Waals surface area (Å²) in [7, 11) is 1.69. The van der Waals surface area contributed by atoms with Crippen molar-refractivity contribution in [3.63, 3.8) is 0 Å². The first kappa shape index (κ1) is 11.5. The lowest BCUT2D eigenvalue weighted by molar-refractivity contribution is 1.32. The molecular formula is C11H12ClN3. The Morgan fingerprint density at radius 2 is 2.33 bits per heavy atom. The van der Waals surface area contributed by atoms with Crippen LogP contribution in [0.3, 0.4) is 0 Å². The first-order valence-electron chi connectivity index (χ1n) is 4.36. The minimum atomic E-state index is 0.377. The number of halogens is 1. The molecule has 0 fully saturated rings. The van der Waals surface area contributed by atoms with E-state index in [1.165, 1.54) is 0 Å². The van der Waals surface area contributed by atoms with E-state index < -0.39 is 0 Å². The van der Waals surface area contributed by atoms with Crippen LogP contribution >= 0.6 is 11.6 Å². The fourth-order valence-electron chi connectivity index (χ4n) is 1.16. The van der Waals surface area contributed by atoms with Crippen LogP contribution in [0.1, 0.15) is 5.56 Å². The molecule has 0 aromatic carbocycles. The fraction of sp³-hybridized carbons (Fsp3) is 0.0909. The van der Waals surface area contributed by atoms with Gasteiger partial charge in [0, 0.05) is 24.4 Å². The van der Waals surface area contributed by atoms with Crippen LogP contribution in [-0.2, 0) is 0 Å². The van der Waals surface area contributed by atoms with Crippen LogP contribution in [-0.4, -0.2) is 18.2 Å². The van der Waals surface area contributed by atoms with E-state index in [-0.39, 0.29) is 0 Å². The molecule has 0 saturated carbocycles. The van der Waals surface area contributed by atoms with Crippen molar-refractivity contribution in [3.05, 3.63) is 41.6 Å². The largest absolute Gasteiger partial charge is 0.383 e. The molecular weight excluding hydrogens is 210 g/mol. The molecule has 0 saturated heterocycles. The third-order valence-electron chi connectivity index (χ3n) is 1.77. The number of hydrogen-bond donors (Lipinski definition) is 1. The monoisotopic (exact) mass is 221 g/mol. The van der Waals surface area contributed by atoms with Crippen LogP contribution in [0.2, 0.25) is 5.15 Å². The second kappa shape index (κ2) is 5.32. The molecule has 0 unspecified atom stereocenters. The molecule has 0 atom stereocenters. The highest BCUT2D eigenvalue weighted by molar-refractivity contribution is 6.29. The van der Waals surface area contributed by atoms with Crippen molar-refractivity contribution < 1.29 is 0 Å². The Bertz CT molecular complexity index is 422. The van der Waals surface area contributed by atoms with Gasteiger partial charge in [-0.3, -0.25) is 4.99 Å². The number of allylic oxidation sites excluding steroid dienone is 3. The van der Waals surface area contributed by atoms with E-state index in [0.717, 1.165) is 11.1 Å². The fourth-order valence-corrected chi connectivity index (χ4v) is 1.32. The standard InChI is InChI=1S/C11H12ClN3/c1-3-4-8(7-14-2)9-5-6-10(12)15-11(9)13/h3-7H,1H2,2H3,(H2,13,15)/b8-4+,14-7?. The van der Waals surface area contributed by atoms with Crippen LogP contribution in [0.5, 0.6) is 0 Å². The Labute approximate surface area is 94.0 Å². The van der Waals surface area contributed by atoms with E-state index in [4.69, 9.17) is 17.3 Å². The molecule has 1 aromatic heterocycles. The molecule has 1 rings (SSSR count).